The zero-order valence-corrected chi connectivity index (χ0v) is 13.7. The maximum Gasteiger partial charge on any atom is 0.232 e. The molecule has 0 radical (unpaired) electrons. The largest absolute Gasteiger partial charge is 0.308 e. The minimum absolute atomic E-state index is 0.00578. The molecule has 0 atom stereocenters. The van der Waals surface area contributed by atoms with Gasteiger partial charge in [0.1, 0.15) is 0 Å². The van der Waals surface area contributed by atoms with Gasteiger partial charge in [0.25, 0.3) is 0 Å². The Morgan fingerprint density at radius 2 is 1.70 bits per heavy atom. The predicted octanol–water partition coefficient (Wildman–Crippen LogP) is 4.55. The highest BCUT2D eigenvalue weighted by atomic mass is 16.2. The molecule has 0 bridgehead atoms. The van der Waals surface area contributed by atoms with E-state index < -0.39 is 5.41 Å². The third-order valence-electron chi connectivity index (χ3n) is 3.20. The highest BCUT2D eigenvalue weighted by Gasteiger charge is 2.30. The normalized spacial score (nSPS) is 12.1. The van der Waals surface area contributed by atoms with Gasteiger partial charge in [0.15, 0.2) is 0 Å². The van der Waals surface area contributed by atoms with Crippen molar-refractivity contribution in [2.45, 2.75) is 47.0 Å². The highest BCUT2D eigenvalue weighted by molar-refractivity contribution is 5.98. The molecule has 0 aliphatic heterocycles. The van der Waals surface area contributed by atoms with Crippen molar-refractivity contribution in [3.05, 3.63) is 42.5 Å². The van der Waals surface area contributed by atoms with E-state index in [2.05, 4.69) is 33.4 Å². The minimum atomic E-state index is -0.409. The molecule has 1 amide bonds. The molecule has 0 aliphatic carbocycles. The minimum Gasteiger partial charge on any atom is -0.308 e. The fraction of sp³-hybridized carbons (Fsp3) is 0.500. The van der Waals surface area contributed by atoms with Gasteiger partial charge in [0, 0.05) is 17.6 Å². The molecule has 0 heterocycles. The topological polar surface area (TPSA) is 20.3 Å². The van der Waals surface area contributed by atoms with Gasteiger partial charge in [-0.15, -0.1) is 6.58 Å². The smallest absolute Gasteiger partial charge is 0.232 e. The summed E-state index contributed by atoms with van der Waals surface area (Å²) in [6.07, 6.45) is 1.78. The Bertz CT molecular complexity index is 489. The molecule has 0 saturated heterocycles. The summed E-state index contributed by atoms with van der Waals surface area (Å²) >= 11 is 0. The molecule has 0 saturated carbocycles. The summed E-state index contributed by atoms with van der Waals surface area (Å²) < 4.78 is 0. The standard InChI is InChI=1S/C18H27NO/c1-8-13-19(16(20)18(5,6)7)15-12-10-9-11-14(15)17(2,3)4/h8-12H,1,13H2,2-7H3. The second-order valence-electron chi connectivity index (χ2n) is 7.22. The Hall–Kier alpha value is -1.57. The van der Waals surface area contributed by atoms with E-state index in [0.29, 0.717) is 6.54 Å². The average Bonchev–Trinajstić information content (AvgIpc) is 2.33. The number of carbonyl (C=O) groups excluding carboxylic acids is 1. The van der Waals surface area contributed by atoms with Crippen molar-refractivity contribution in [1.29, 1.82) is 0 Å². The van der Waals surface area contributed by atoms with E-state index in [-0.39, 0.29) is 11.3 Å². The molecular weight excluding hydrogens is 246 g/mol. The van der Waals surface area contributed by atoms with Crippen molar-refractivity contribution in [3.63, 3.8) is 0 Å². The van der Waals surface area contributed by atoms with E-state index in [0.717, 1.165) is 5.69 Å². The van der Waals surface area contributed by atoms with Gasteiger partial charge in [0.05, 0.1) is 0 Å². The van der Waals surface area contributed by atoms with Crippen LogP contribution in [0.1, 0.15) is 47.1 Å². The van der Waals surface area contributed by atoms with Crippen molar-refractivity contribution in [3.8, 4) is 0 Å². The third kappa shape index (κ3) is 3.72. The first-order valence-corrected chi connectivity index (χ1v) is 7.11. The average molecular weight is 273 g/mol. The summed E-state index contributed by atoms with van der Waals surface area (Å²) in [6.45, 7) is 16.7. The van der Waals surface area contributed by atoms with Crippen molar-refractivity contribution in [2.75, 3.05) is 11.4 Å². The van der Waals surface area contributed by atoms with Gasteiger partial charge in [-0.3, -0.25) is 4.79 Å². The van der Waals surface area contributed by atoms with Crippen LogP contribution in [0.2, 0.25) is 0 Å². The van der Waals surface area contributed by atoms with Crippen molar-refractivity contribution >= 4 is 11.6 Å². The monoisotopic (exact) mass is 273 g/mol. The van der Waals surface area contributed by atoms with Crippen LogP contribution >= 0.6 is 0 Å². The maximum absolute atomic E-state index is 12.7. The molecule has 0 aromatic heterocycles. The van der Waals surface area contributed by atoms with Crippen molar-refractivity contribution in [2.24, 2.45) is 5.41 Å². The lowest BCUT2D eigenvalue weighted by molar-refractivity contribution is -0.125. The van der Waals surface area contributed by atoms with Crippen LogP contribution < -0.4 is 4.90 Å². The first kappa shape index (κ1) is 16.5. The lowest BCUT2D eigenvalue weighted by Gasteiger charge is -2.33. The van der Waals surface area contributed by atoms with Gasteiger partial charge >= 0.3 is 0 Å². The van der Waals surface area contributed by atoms with Gasteiger partial charge in [-0.25, -0.2) is 0 Å². The second-order valence-corrected chi connectivity index (χ2v) is 7.22. The first-order valence-electron chi connectivity index (χ1n) is 7.11. The number of anilines is 1. The van der Waals surface area contributed by atoms with Gasteiger partial charge < -0.3 is 4.90 Å². The molecule has 110 valence electrons. The molecule has 2 nitrogen and oxygen atoms in total. The summed E-state index contributed by atoms with van der Waals surface area (Å²) in [5, 5.41) is 0. The molecule has 0 spiro atoms. The molecule has 20 heavy (non-hydrogen) atoms. The van der Waals surface area contributed by atoms with E-state index >= 15 is 0 Å². The SMILES string of the molecule is C=CCN(C(=O)C(C)(C)C)c1ccccc1C(C)(C)C. The van der Waals surface area contributed by atoms with Crippen LogP contribution in [0.5, 0.6) is 0 Å². The summed E-state index contributed by atoms with van der Waals surface area (Å²) in [5.74, 6) is 0.120. The van der Waals surface area contributed by atoms with Crippen molar-refractivity contribution in [1.82, 2.24) is 0 Å². The maximum atomic E-state index is 12.7. The fourth-order valence-electron chi connectivity index (χ4n) is 2.17. The summed E-state index contributed by atoms with van der Waals surface area (Å²) in [4.78, 5) is 14.6. The Kier molecular flexibility index (Phi) is 4.80. The lowest BCUT2D eigenvalue weighted by atomic mass is 9.84. The highest BCUT2D eigenvalue weighted by Crippen LogP contribution is 2.33. The zero-order valence-electron chi connectivity index (χ0n) is 13.7. The van der Waals surface area contributed by atoms with Crippen LogP contribution in [0.25, 0.3) is 0 Å². The fourth-order valence-corrected chi connectivity index (χ4v) is 2.17. The van der Waals surface area contributed by atoms with Gasteiger partial charge in [-0.05, 0) is 17.0 Å². The molecule has 0 aliphatic rings. The number of hydrogen-bond acceptors (Lipinski definition) is 1. The van der Waals surface area contributed by atoms with Gasteiger partial charge in [0.2, 0.25) is 5.91 Å². The molecule has 1 aromatic carbocycles. The summed E-state index contributed by atoms with van der Waals surface area (Å²) in [5.41, 5.74) is 1.75. The van der Waals surface area contributed by atoms with Gasteiger partial charge in [-0.2, -0.15) is 0 Å². The molecule has 0 fully saturated rings. The van der Waals surface area contributed by atoms with Crippen LogP contribution in [-0.2, 0) is 10.2 Å². The number of carbonyl (C=O) groups is 1. The van der Waals surface area contributed by atoms with E-state index in [1.807, 2.05) is 43.9 Å². The lowest BCUT2D eigenvalue weighted by Crippen LogP contribution is -2.40. The summed E-state index contributed by atoms with van der Waals surface area (Å²) in [6, 6.07) is 8.13. The van der Waals surface area contributed by atoms with E-state index in [1.54, 1.807) is 6.08 Å². The number of para-hydroxylation sites is 1. The molecule has 0 N–H and O–H groups in total. The quantitative estimate of drug-likeness (QED) is 0.740. The van der Waals surface area contributed by atoms with Crippen LogP contribution in [0.4, 0.5) is 5.69 Å². The van der Waals surface area contributed by atoms with Crippen molar-refractivity contribution < 1.29 is 4.79 Å². The molecule has 1 rings (SSSR count). The zero-order chi connectivity index (χ0) is 15.6. The first-order chi connectivity index (χ1) is 9.09. The van der Waals surface area contributed by atoms with E-state index in [9.17, 15) is 4.79 Å². The van der Waals surface area contributed by atoms with Gasteiger partial charge in [-0.1, -0.05) is 65.8 Å². The summed E-state index contributed by atoms with van der Waals surface area (Å²) in [7, 11) is 0. The van der Waals surface area contributed by atoms with E-state index in [4.69, 9.17) is 0 Å². The molecule has 1 aromatic rings. The second kappa shape index (κ2) is 5.82. The molecule has 2 heteroatoms. The van der Waals surface area contributed by atoms with Crippen LogP contribution in [-0.4, -0.2) is 12.5 Å². The van der Waals surface area contributed by atoms with Crippen LogP contribution in [0, 0.1) is 5.41 Å². The Labute approximate surface area is 123 Å². The van der Waals surface area contributed by atoms with E-state index in [1.165, 1.54) is 5.56 Å². The van der Waals surface area contributed by atoms with Crippen LogP contribution in [0.3, 0.4) is 0 Å². The number of rotatable bonds is 3. The Balaban J connectivity index is 3.37. The predicted molar refractivity (Wildman–Crippen MR) is 87.1 cm³/mol. The number of benzene rings is 1. The van der Waals surface area contributed by atoms with Crippen LogP contribution in [0.15, 0.2) is 36.9 Å². The molecular formula is C18H27NO. The Morgan fingerprint density at radius 1 is 1.15 bits per heavy atom. The number of nitrogens with zero attached hydrogens (tertiary/aromatic N) is 1. The number of amides is 1. The number of hydrogen-bond donors (Lipinski definition) is 0. The Morgan fingerprint density at radius 3 is 2.15 bits per heavy atom. The molecule has 0 unspecified atom stereocenters. The third-order valence-corrected chi connectivity index (χ3v) is 3.20.